The number of amides is 15. The number of benzene rings is 2. The minimum Gasteiger partial charge on any atom is -0.481 e. The van der Waals surface area contributed by atoms with Gasteiger partial charge in [-0.2, -0.15) is 0 Å². The number of anilines is 1. The molecule has 1 unspecified atom stereocenters. The predicted octanol–water partition coefficient (Wildman–Crippen LogP) is -8.18. The molecule has 0 radical (unpaired) electrons. The van der Waals surface area contributed by atoms with E-state index < -0.39 is 262 Å². The largest absolute Gasteiger partial charge is 0.481 e. The molecule has 1 aliphatic rings. The summed E-state index contributed by atoms with van der Waals surface area (Å²) in [5, 5.41) is 80.0. The van der Waals surface area contributed by atoms with Gasteiger partial charge >= 0.3 is 35.9 Å². The molecule has 0 spiro atoms. The van der Waals surface area contributed by atoms with Gasteiger partial charge in [-0.15, -0.1) is 0 Å². The summed E-state index contributed by atoms with van der Waals surface area (Å²) < 4.78 is 10.5. The number of rotatable bonds is 31. The lowest BCUT2D eigenvalue weighted by Crippen LogP contribution is -2.61. The van der Waals surface area contributed by atoms with E-state index in [1.54, 1.807) is 24.3 Å². The van der Waals surface area contributed by atoms with Crippen LogP contribution in [0.25, 0.3) is 10.9 Å². The molecule has 0 bridgehead atoms. The second-order valence-corrected chi connectivity index (χ2v) is 25.1. The Labute approximate surface area is 634 Å². The highest BCUT2D eigenvalue weighted by Crippen LogP contribution is 2.21. The van der Waals surface area contributed by atoms with Crippen LogP contribution in [0.4, 0.5) is 10.5 Å². The normalized spacial score (nSPS) is 21.3. The molecule has 2 aromatic carbocycles. The van der Waals surface area contributed by atoms with Crippen molar-refractivity contribution in [2.45, 2.75) is 151 Å². The van der Waals surface area contributed by atoms with Crippen LogP contribution in [0.15, 0.2) is 67.4 Å². The van der Waals surface area contributed by atoms with Gasteiger partial charge in [-0.25, -0.2) is 9.59 Å². The number of carboxylic acid groups (broad SMARTS) is 4. The molecule has 45 nitrogen and oxygen atoms in total. The number of aromatic amines is 1. The van der Waals surface area contributed by atoms with Crippen LogP contribution in [0, 0.1) is 5.92 Å². The van der Waals surface area contributed by atoms with Gasteiger partial charge < -0.3 is 126 Å². The Morgan fingerprint density at radius 3 is 1.78 bits per heavy atom. The molecule has 1 aromatic heterocycles. The third-order valence-corrected chi connectivity index (χ3v) is 16.4. The average molecular weight is 1580 g/mol. The van der Waals surface area contributed by atoms with Crippen molar-refractivity contribution in [3.8, 4) is 0 Å². The Kier molecular flexibility index (Phi) is 36.1. The molecular weight excluding hydrogens is 1490 g/mol. The van der Waals surface area contributed by atoms with E-state index in [1.165, 1.54) is 36.5 Å². The number of aliphatic carboxylic acids is 4. The molecule has 4 rings (SSSR count). The van der Waals surface area contributed by atoms with Crippen LogP contribution in [0.1, 0.15) is 88.1 Å². The van der Waals surface area contributed by atoms with Crippen LogP contribution >= 0.6 is 0 Å². The number of Topliss-reactive ketones (excluding diaryl/α,β-unsaturated/α-hetero) is 1. The number of aliphatic hydroxyl groups excluding tert-OH is 1. The first-order valence-corrected chi connectivity index (χ1v) is 34.0. The Balaban J connectivity index is 1.91. The zero-order chi connectivity index (χ0) is 83.6. The van der Waals surface area contributed by atoms with Crippen molar-refractivity contribution in [2.24, 2.45) is 11.7 Å². The minimum absolute atomic E-state index is 0.148. The van der Waals surface area contributed by atoms with E-state index in [1.807, 2.05) is 21.3 Å². The van der Waals surface area contributed by atoms with Gasteiger partial charge in [0.1, 0.15) is 79.2 Å². The molecule has 15 amide bonds. The summed E-state index contributed by atoms with van der Waals surface area (Å²) >= 11 is 0. The lowest BCUT2D eigenvalue weighted by Gasteiger charge is -2.30. The Bertz CT molecular complexity index is 4060. The number of nitrogens with one attached hydrogen (secondary N) is 15. The van der Waals surface area contributed by atoms with Gasteiger partial charge in [-0.05, 0) is 56.4 Å². The molecule has 45 heteroatoms. The number of carbonyl (C=O) groups excluding carboxylic acids is 17. The fourth-order valence-electron chi connectivity index (χ4n) is 10.7. The van der Waals surface area contributed by atoms with E-state index in [0.29, 0.717) is 16.5 Å². The number of hydrogen-bond acceptors (Lipinski definition) is 25. The van der Waals surface area contributed by atoms with E-state index in [2.05, 4.69) is 64.7 Å². The second-order valence-electron chi connectivity index (χ2n) is 25.1. The number of ketones is 1. The number of H-pyrrole nitrogens is 1. The number of esters is 1. The number of aromatic nitrogens is 1. The SMILES string of the molecule is C=CCOC(=O)NCCC[C@@H]1NC(=O)CNC(=O)[C@@H](NC(=O)[C@H](CC(=O)O)NC(=O)[C@@H](CC(N)=O)NC(=O)[C@H](Cc2c[nH]c3ccccc23)NC=O)[C@@H](C)OC(=O)[C@H](CC(=O)c2ccccc2N)NC(=O)[C@H](C(C)CC(=O)O)NC(=O)[C@@H](CO)NC(=O)CNC(=O)[C@H](CC(=O)O)NC(=O)[C@@H](C)NC(=O)[C@H](CC(=O)O)NC1=O. The van der Waals surface area contributed by atoms with Gasteiger partial charge in [0.15, 0.2) is 5.78 Å². The molecule has 3 aromatic rings. The van der Waals surface area contributed by atoms with E-state index in [9.17, 15) is 126 Å². The summed E-state index contributed by atoms with van der Waals surface area (Å²) in [4.78, 5) is 286. The summed E-state index contributed by atoms with van der Waals surface area (Å²) in [6, 6.07) is -11.2. The van der Waals surface area contributed by atoms with Crippen molar-refractivity contribution in [3.05, 3.63) is 78.5 Å². The van der Waals surface area contributed by atoms with E-state index in [4.69, 9.17) is 20.9 Å². The molecule has 13 atom stereocenters. The van der Waals surface area contributed by atoms with Crippen molar-refractivity contribution in [2.75, 3.05) is 38.6 Å². The first-order valence-electron chi connectivity index (χ1n) is 34.0. The molecule has 112 heavy (non-hydrogen) atoms. The van der Waals surface area contributed by atoms with Crippen molar-refractivity contribution >= 4 is 142 Å². The zero-order valence-electron chi connectivity index (χ0n) is 60.2. The monoisotopic (exact) mass is 1580 g/mol. The van der Waals surface area contributed by atoms with E-state index in [-0.39, 0.29) is 43.7 Å². The number of para-hydroxylation sites is 2. The zero-order valence-corrected chi connectivity index (χ0v) is 60.2. The highest BCUT2D eigenvalue weighted by Gasteiger charge is 2.41. The quantitative estimate of drug-likeness (QED) is 0.00710. The van der Waals surface area contributed by atoms with Gasteiger partial charge in [0.2, 0.25) is 83.2 Å². The Morgan fingerprint density at radius 2 is 1.18 bits per heavy atom. The van der Waals surface area contributed by atoms with Gasteiger partial charge in [0, 0.05) is 47.7 Å². The molecule has 0 saturated carbocycles. The first-order chi connectivity index (χ1) is 52.9. The van der Waals surface area contributed by atoms with Crippen LogP contribution in [0.5, 0.6) is 0 Å². The maximum absolute atomic E-state index is 14.8. The van der Waals surface area contributed by atoms with Crippen molar-refractivity contribution in [1.29, 1.82) is 0 Å². The Hall–Kier alpha value is -13.6. The number of nitrogen functional groups attached to an aromatic ring is 1. The van der Waals surface area contributed by atoms with Crippen LogP contribution < -0.4 is 85.9 Å². The maximum Gasteiger partial charge on any atom is 0.407 e. The van der Waals surface area contributed by atoms with E-state index >= 15 is 0 Å². The van der Waals surface area contributed by atoms with Gasteiger partial charge in [0.05, 0.1) is 51.8 Å². The summed E-state index contributed by atoms with van der Waals surface area (Å²) in [6.07, 6.45) is -8.55. The van der Waals surface area contributed by atoms with Gasteiger partial charge in [-0.3, -0.25) is 91.1 Å². The number of primary amides is 1. The van der Waals surface area contributed by atoms with Crippen LogP contribution in [-0.2, 0) is 107 Å². The van der Waals surface area contributed by atoms with E-state index in [0.717, 1.165) is 20.8 Å². The lowest BCUT2D eigenvalue weighted by molar-refractivity contribution is -0.156. The second kappa shape index (κ2) is 44.6. The fraction of sp³-hybridized carbons (Fsp3) is 0.448. The summed E-state index contributed by atoms with van der Waals surface area (Å²) in [5.41, 5.74) is 12.1. The van der Waals surface area contributed by atoms with Crippen LogP contribution in [-0.4, -0.2) is 261 Å². The number of aliphatic hydroxyl groups is 1. The number of fused-ring (bicyclic) bond motifs is 1. The lowest BCUT2D eigenvalue weighted by atomic mass is 9.96. The summed E-state index contributed by atoms with van der Waals surface area (Å²) in [6.45, 7) is 1.86. The molecule has 1 aliphatic heterocycles. The number of carboxylic acids is 4. The molecule has 24 N–H and O–H groups in total. The molecule has 1 fully saturated rings. The average Bonchev–Trinajstić information content (AvgIpc) is 1.68. The smallest absolute Gasteiger partial charge is 0.407 e. The summed E-state index contributed by atoms with van der Waals surface area (Å²) in [7, 11) is 0. The topological polar surface area (TPSA) is 714 Å². The number of hydrogen-bond donors (Lipinski definition) is 22. The number of ether oxygens (including phenoxy) is 2. The fourth-order valence-corrected chi connectivity index (χ4v) is 10.7. The van der Waals surface area contributed by atoms with Gasteiger partial charge in [0.25, 0.3) is 0 Å². The molecule has 0 aliphatic carbocycles. The highest BCUT2D eigenvalue weighted by molar-refractivity contribution is 6.05. The highest BCUT2D eigenvalue weighted by atomic mass is 16.6. The standard InChI is InChI=1S/C67H87N17O28/c1-5-17-111-67(110)70-16-10-15-38-58(101)80-42(23-52(95)96)60(103)75-31(3)56(99)78-41(22-51(93)94)57(100)72-26-49(90)77-45(28-85)63(106)83-54(30(2)18-50(91)92)65(108)82-44(20-46(87)35-12-6-8-13-36(35)68)66(109)112-32(4)55(64(107)73-27-48(89)76-38)84-62(105)43(24-53(97)98)81-61(104)40(21-47(69)88)79-59(102)39(74-29-86)19-33-25-71-37-14-9-7-11-34(33)37/h5-9,11-14,25,29-32,38-45,54-55,71,85H,1,10,15-24,26-28,68H2,2-4H3,(H2,69,88)(H,70,110)(H,72,100)(H,73,107)(H,74,86)(H,75,103)(H,76,89)(H,77,90)(H,78,99)(H,79,102)(H,80,101)(H,81,104)(H,82,108)(H,83,106)(H,84,105)(H,91,92)(H,93,94)(H,95,96)(H,97,98)/t30?,31-,32-,38+,39+,40-,41+,42+,43+,44+,45-,54+,55+/m1/s1. The van der Waals surface area contributed by atoms with Crippen LogP contribution in [0.2, 0.25) is 0 Å². The van der Waals surface area contributed by atoms with Crippen molar-refractivity contribution in [1.82, 2.24) is 79.4 Å². The maximum atomic E-state index is 14.8. The van der Waals surface area contributed by atoms with Crippen molar-refractivity contribution in [3.63, 3.8) is 0 Å². The van der Waals surface area contributed by atoms with Crippen molar-refractivity contribution < 1.29 is 136 Å². The minimum atomic E-state index is -2.49. The number of alkyl carbamates (subject to hydrolysis) is 1. The number of carbonyl (C=O) groups is 21. The third kappa shape index (κ3) is 29.8. The third-order valence-electron chi connectivity index (χ3n) is 16.4. The molecule has 608 valence electrons. The molecular formula is C67H87N17O28. The van der Waals surface area contributed by atoms with Gasteiger partial charge in [-0.1, -0.05) is 49.9 Å². The number of nitrogens with two attached hydrogens (primary N) is 2. The Morgan fingerprint density at radius 1 is 0.625 bits per heavy atom. The number of cyclic esters (lactones) is 1. The van der Waals surface area contributed by atoms with Crippen LogP contribution in [0.3, 0.4) is 0 Å². The molecule has 1 saturated heterocycles. The summed E-state index contributed by atoms with van der Waals surface area (Å²) in [5.74, 6) is -29.9. The first kappa shape index (κ1) is 90.7. The predicted molar refractivity (Wildman–Crippen MR) is 379 cm³/mol. The molecule has 2 heterocycles.